The van der Waals surface area contributed by atoms with Crippen LogP contribution in [0.4, 0.5) is 0 Å². The first-order valence-corrected chi connectivity index (χ1v) is 10.6. The van der Waals surface area contributed by atoms with Gasteiger partial charge in [0.1, 0.15) is 4.90 Å². The van der Waals surface area contributed by atoms with Crippen molar-refractivity contribution in [1.82, 2.24) is 19.8 Å². The minimum Gasteiger partial charge on any atom is -0.478 e. The maximum absolute atomic E-state index is 12.7. The summed E-state index contributed by atoms with van der Waals surface area (Å²) in [6.07, 6.45) is 3.19. The fraction of sp³-hybridized carbons (Fsp3) is 0.0476. The molecule has 3 aromatic heterocycles. The van der Waals surface area contributed by atoms with E-state index in [2.05, 4.69) is 15.0 Å². The Morgan fingerprint density at radius 3 is 2.48 bits per heavy atom. The molecule has 0 spiro atoms. The van der Waals surface area contributed by atoms with Crippen LogP contribution in [0.3, 0.4) is 0 Å². The number of nitrogens with zero attached hydrogens (tertiary/aromatic N) is 3. The fourth-order valence-corrected chi connectivity index (χ4v) is 4.41. The summed E-state index contributed by atoms with van der Waals surface area (Å²) < 4.78 is 25.4. The highest BCUT2D eigenvalue weighted by Crippen LogP contribution is 2.35. The molecular formula is C21H17N5O4S. The van der Waals surface area contributed by atoms with Crippen LogP contribution in [-0.4, -0.2) is 34.4 Å². The Bertz CT molecular complexity index is 1440. The third kappa shape index (κ3) is 3.63. The quantitative estimate of drug-likeness (QED) is 0.320. The van der Waals surface area contributed by atoms with Gasteiger partial charge in [0.25, 0.3) is 10.0 Å². The number of aromatic carboxylic acids is 1. The minimum atomic E-state index is -4.34. The summed E-state index contributed by atoms with van der Waals surface area (Å²) in [4.78, 5) is 26.4. The Balaban J connectivity index is 2.14. The summed E-state index contributed by atoms with van der Waals surface area (Å²) in [7, 11) is -4.34. The zero-order valence-corrected chi connectivity index (χ0v) is 17.1. The molecule has 0 amide bonds. The predicted molar refractivity (Wildman–Crippen MR) is 114 cm³/mol. The molecule has 4 aromatic rings. The Morgan fingerprint density at radius 2 is 1.77 bits per heavy atom. The summed E-state index contributed by atoms with van der Waals surface area (Å²) in [5.74, 6) is 3.82. The van der Waals surface area contributed by atoms with Crippen molar-refractivity contribution < 1.29 is 18.3 Å². The van der Waals surface area contributed by atoms with Crippen LogP contribution in [-0.2, 0) is 10.0 Å². The number of carboxylic acid groups (broad SMARTS) is 1. The van der Waals surface area contributed by atoms with Crippen LogP contribution >= 0.6 is 0 Å². The normalized spacial score (nSPS) is 11.5. The van der Waals surface area contributed by atoms with Crippen molar-refractivity contribution in [3.8, 4) is 22.6 Å². The molecule has 3 heterocycles. The zero-order valence-electron chi connectivity index (χ0n) is 16.3. The SMILES string of the molecule is Cc1cccnc1-c1cc2cccnc2c(-c2cccc(C(=O)O)c2S(=O)(=O)NN)n1. The van der Waals surface area contributed by atoms with Crippen molar-refractivity contribution in [1.29, 1.82) is 0 Å². The molecule has 0 saturated heterocycles. The van der Waals surface area contributed by atoms with Crippen molar-refractivity contribution in [2.75, 3.05) is 0 Å². The lowest BCUT2D eigenvalue weighted by Gasteiger charge is -2.15. The van der Waals surface area contributed by atoms with E-state index in [1.165, 1.54) is 18.2 Å². The van der Waals surface area contributed by atoms with Gasteiger partial charge in [0.2, 0.25) is 0 Å². The van der Waals surface area contributed by atoms with Gasteiger partial charge in [-0.05, 0) is 36.8 Å². The number of nitrogens with one attached hydrogen (secondary N) is 1. The second-order valence-corrected chi connectivity index (χ2v) is 8.36. The van der Waals surface area contributed by atoms with Crippen molar-refractivity contribution in [2.24, 2.45) is 5.84 Å². The third-order valence-electron chi connectivity index (χ3n) is 4.76. The summed E-state index contributed by atoms with van der Waals surface area (Å²) in [5.41, 5.74) is 2.24. The summed E-state index contributed by atoms with van der Waals surface area (Å²) in [6, 6.07) is 13.2. The summed E-state index contributed by atoms with van der Waals surface area (Å²) in [5, 5.41) is 10.3. The molecule has 10 heteroatoms. The molecule has 31 heavy (non-hydrogen) atoms. The summed E-state index contributed by atoms with van der Waals surface area (Å²) in [6.45, 7) is 1.89. The molecule has 0 aliphatic carbocycles. The second kappa shape index (κ2) is 7.84. The number of aryl methyl sites for hydroxylation is 1. The number of hydrogen-bond acceptors (Lipinski definition) is 7. The van der Waals surface area contributed by atoms with E-state index < -0.39 is 26.5 Å². The lowest BCUT2D eigenvalue weighted by Crippen LogP contribution is -2.32. The van der Waals surface area contributed by atoms with Gasteiger partial charge in [-0.2, -0.15) is 4.83 Å². The Hall–Kier alpha value is -3.73. The maximum Gasteiger partial charge on any atom is 0.337 e. The van der Waals surface area contributed by atoms with Gasteiger partial charge < -0.3 is 5.11 Å². The van der Waals surface area contributed by atoms with Crippen LogP contribution in [0.2, 0.25) is 0 Å². The molecule has 0 aliphatic heterocycles. The maximum atomic E-state index is 12.7. The number of pyridine rings is 3. The van der Waals surface area contributed by atoms with E-state index in [0.29, 0.717) is 22.3 Å². The number of aromatic nitrogens is 3. The largest absolute Gasteiger partial charge is 0.478 e. The van der Waals surface area contributed by atoms with Crippen molar-refractivity contribution in [2.45, 2.75) is 11.8 Å². The predicted octanol–water partition coefficient (Wildman–Crippen LogP) is 2.52. The van der Waals surface area contributed by atoms with Crippen LogP contribution < -0.4 is 10.7 Å². The highest BCUT2D eigenvalue weighted by Gasteiger charge is 2.28. The molecule has 0 saturated carbocycles. The first-order valence-electron chi connectivity index (χ1n) is 9.10. The van der Waals surface area contributed by atoms with Crippen LogP contribution in [0.15, 0.2) is 65.8 Å². The topological polar surface area (TPSA) is 148 Å². The van der Waals surface area contributed by atoms with Crippen LogP contribution in [0.25, 0.3) is 33.5 Å². The molecule has 9 nitrogen and oxygen atoms in total. The molecule has 0 unspecified atom stereocenters. The van der Waals surface area contributed by atoms with Crippen molar-refractivity contribution in [3.05, 3.63) is 72.1 Å². The molecule has 156 valence electrons. The van der Waals surface area contributed by atoms with Crippen LogP contribution in [0.5, 0.6) is 0 Å². The first-order chi connectivity index (χ1) is 14.8. The number of nitrogens with two attached hydrogens (primary N) is 1. The highest BCUT2D eigenvalue weighted by molar-refractivity contribution is 7.89. The van der Waals surface area contributed by atoms with Gasteiger partial charge in [0.15, 0.2) is 0 Å². The number of fused-ring (bicyclic) bond motifs is 1. The van der Waals surface area contributed by atoms with Crippen molar-refractivity contribution >= 4 is 26.9 Å². The van der Waals surface area contributed by atoms with Gasteiger partial charge in [-0.15, -0.1) is 0 Å². The highest BCUT2D eigenvalue weighted by atomic mass is 32.2. The zero-order chi connectivity index (χ0) is 22.2. The Kier molecular flexibility index (Phi) is 5.19. The van der Waals surface area contributed by atoms with Gasteiger partial charge in [-0.1, -0.05) is 24.3 Å². The number of benzene rings is 1. The van der Waals surface area contributed by atoms with E-state index in [4.69, 9.17) is 5.84 Å². The number of sulfonamides is 1. The van der Waals surface area contributed by atoms with Crippen LogP contribution in [0, 0.1) is 6.92 Å². The first kappa shape index (κ1) is 20.5. The van der Waals surface area contributed by atoms with E-state index in [9.17, 15) is 18.3 Å². The van der Waals surface area contributed by atoms with E-state index in [1.54, 1.807) is 35.4 Å². The molecule has 4 N–H and O–H groups in total. The molecule has 4 rings (SSSR count). The van der Waals surface area contributed by atoms with E-state index >= 15 is 0 Å². The lowest BCUT2D eigenvalue weighted by molar-refractivity contribution is 0.0692. The van der Waals surface area contributed by atoms with E-state index in [-0.39, 0.29) is 11.3 Å². The standard InChI is InChI=1S/C21H17N5O4S/c1-12-5-3-9-23-17(12)16-11-13-6-4-10-24-18(13)19(25-16)14-7-2-8-15(21(27)28)20(14)31(29,30)26-22/h2-11,26H,22H2,1H3,(H,27,28). The number of hydrazine groups is 1. The fourth-order valence-electron chi connectivity index (χ4n) is 3.39. The number of hydrogen-bond donors (Lipinski definition) is 3. The number of carbonyl (C=O) groups is 1. The summed E-state index contributed by atoms with van der Waals surface area (Å²) >= 11 is 0. The van der Waals surface area contributed by atoms with Gasteiger partial charge in [-0.25, -0.2) is 18.2 Å². The molecule has 0 aliphatic rings. The smallest absolute Gasteiger partial charge is 0.337 e. The monoisotopic (exact) mass is 435 g/mol. The van der Waals surface area contributed by atoms with Gasteiger partial charge in [0.05, 0.1) is 28.2 Å². The van der Waals surface area contributed by atoms with E-state index in [1.807, 2.05) is 19.1 Å². The van der Waals surface area contributed by atoms with Gasteiger partial charge in [0, 0.05) is 23.3 Å². The third-order valence-corrected chi connectivity index (χ3v) is 6.05. The number of rotatable bonds is 5. The van der Waals surface area contributed by atoms with Crippen LogP contribution in [0.1, 0.15) is 15.9 Å². The minimum absolute atomic E-state index is 0.0667. The average Bonchev–Trinajstić information content (AvgIpc) is 2.78. The lowest BCUT2D eigenvalue weighted by atomic mass is 10.0. The molecule has 0 radical (unpaired) electrons. The second-order valence-electron chi connectivity index (χ2n) is 6.71. The van der Waals surface area contributed by atoms with Crippen molar-refractivity contribution in [3.63, 3.8) is 0 Å². The van der Waals surface area contributed by atoms with E-state index in [0.717, 1.165) is 5.56 Å². The van der Waals surface area contributed by atoms with Gasteiger partial charge >= 0.3 is 5.97 Å². The average molecular weight is 435 g/mol. The van der Waals surface area contributed by atoms with Gasteiger partial charge in [-0.3, -0.25) is 15.8 Å². The number of carboxylic acids is 1. The molecule has 1 aromatic carbocycles. The Morgan fingerprint density at radius 1 is 1.03 bits per heavy atom. The molecular weight excluding hydrogens is 418 g/mol. The Labute approximate surface area is 177 Å². The molecule has 0 atom stereocenters. The molecule has 0 bridgehead atoms. The molecule has 0 fully saturated rings.